The molecule has 2 amide bonds. The van der Waals surface area contributed by atoms with Crippen molar-refractivity contribution in [3.05, 3.63) is 54.1 Å². The Morgan fingerprint density at radius 2 is 1.67 bits per heavy atom. The Morgan fingerprint density at radius 1 is 1.00 bits per heavy atom. The van der Waals surface area contributed by atoms with Crippen molar-refractivity contribution in [2.75, 3.05) is 16.9 Å². The van der Waals surface area contributed by atoms with Gasteiger partial charge in [0.2, 0.25) is 5.91 Å². The number of carbonyl (C=O) groups is 2. The SMILES string of the molecule is CS(=O)c1cccc(NC(=O)c2cccc(NC(=O)C3CC3)c2)c1. The largest absolute Gasteiger partial charge is 0.326 e. The third kappa shape index (κ3) is 4.08. The lowest BCUT2D eigenvalue weighted by atomic mass is 10.1. The first-order chi connectivity index (χ1) is 11.5. The first-order valence-electron chi connectivity index (χ1n) is 7.69. The molecule has 5 nitrogen and oxygen atoms in total. The average Bonchev–Trinajstić information content (AvgIpc) is 3.40. The van der Waals surface area contributed by atoms with Crippen molar-refractivity contribution in [1.29, 1.82) is 0 Å². The second kappa shape index (κ2) is 6.97. The molecule has 0 aliphatic heterocycles. The first-order valence-corrected chi connectivity index (χ1v) is 9.24. The van der Waals surface area contributed by atoms with E-state index in [2.05, 4.69) is 10.6 Å². The fraction of sp³-hybridized carbons (Fsp3) is 0.222. The Labute approximate surface area is 142 Å². The summed E-state index contributed by atoms with van der Waals surface area (Å²) >= 11 is 0. The summed E-state index contributed by atoms with van der Waals surface area (Å²) in [5.41, 5.74) is 1.65. The fourth-order valence-electron chi connectivity index (χ4n) is 2.28. The van der Waals surface area contributed by atoms with E-state index in [-0.39, 0.29) is 17.7 Å². The van der Waals surface area contributed by atoms with Crippen LogP contribution in [0.3, 0.4) is 0 Å². The minimum Gasteiger partial charge on any atom is -0.326 e. The lowest BCUT2D eigenvalue weighted by Gasteiger charge is -2.09. The van der Waals surface area contributed by atoms with Crippen molar-refractivity contribution < 1.29 is 13.8 Å². The molecule has 6 heteroatoms. The molecule has 0 aromatic heterocycles. The number of benzene rings is 2. The van der Waals surface area contributed by atoms with E-state index < -0.39 is 10.8 Å². The summed E-state index contributed by atoms with van der Waals surface area (Å²) in [6.45, 7) is 0. The monoisotopic (exact) mass is 342 g/mol. The third-order valence-electron chi connectivity index (χ3n) is 3.76. The number of hydrogen-bond donors (Lipinski definition) is 2. The molecule has 124 valence electrons. The van der Waals surface area contributed by atoms with Gasteiger partial charge in [0.25, 0.3) is 5.91 Å². The number of nitrogens with one attached hydrogen (secondary N) is 2. The summed E-state index contributed by atoms with van der Waals surface area (Å²) in [5.74, 6) is -0.164. The Bertz CT molecular complexity index is 815. The topological polar surface area (TPSA) is 75.3 Å². The Kier molecular flexibility index (Phi) is 4.76. The molecule has 2 N–H and O–H groups in total. The normalized spacial score (nSPS) is 14.7. The van der Waals surface area contributed by atoms with E-state index in [1.807, 2.05) is 0 Å². The van der Waals surface area contributed by atoms with E-state index in [9.17, 15) is 13.8 Å². The van der Waals surface area contributed by atoms with Crippen LogP contribution in [0.15, 0.2) is 53.4 Å². The molecular weight excluding hydrogens is 324 g/mol. The Morgan fingerprint density at radius 3 is 2.33 bits per heavy atom. The summed E-state index contributed by atoms with van der Waals surface area (Å²) in [7, 11) is -1.11. The van der Waals surface area contributed by atoms with Gasteiger partial charge in [0, 0.05) is 44.8 Å². The molecule has 2 aromatic rings. The van der Waals surface area contributed by atoms with Crippen LogP contribution in [-0.2, 0) is 15.6 Å². The summed E-state index contributed by atoms with van der Waals surface area (Å²) in [5, 5.41) is 5.61. The molecule has 0 saturated heterocycles. The van der Waals surface area contributed by atoms with Crippen LogP contribution >= 0.6 is 0 Å². The van der Waals surface area contributed by atoms with Crippen LogP contribution in [0.5, 0.6) is 0 Å². The van der Waals surface area contributed by atoms with Gasteiger partial charge in [0.05, 0.1) is 0 Å². The van der Waals surface area contributed by atoms with Crippen molar-refractivity contribution in [2.45, 2.75) is 17.7 Å². The highest BCUT2D eigenvalue weighted by Gasteiger charge is 2.29. The van der Waals surface area contributed by atoms with E-state index in [0.717, 1.165) is 12.8 Å². The predicted octanol–water partition coefficient (Wildman–Crippen LogP) is 3.02. The zero-order valence-corrected chi connectivity index (χ0v) is 14.1. The van der Waals surface area contributed by atoms with E-state index in [1.165, 1.54) is 0 Å². The zero-order valence-electron chi connectivity index (χ0n) is 13.2. The highest BCUT2D eigenvalue weighted by Crippen LogP contribution is 2.30. The predicted molar refractivity (Wildman–Crippen MR) is 94.5 cm³/mol. The molecule has 2 aromatic carbocycles. The van der Waals surface area contributed by atoms with Gasteiger partial charge in [-0.1, -0.05) is 12.1 Å². The number of hydrogen-bond acceptors (Lipinski definition) is 3. The Hall–Kier alpha value is -2.47. The highest BCUT2D eigenvalue weighted by molar-refractivity contribution is 7.84. The van der Waals surface area contributed by atoms with Crippen LogP contribution in [0.4, 0.5) is 11.4 Å². The second-order valence-corrected chi connectivity index (χ2v) is 7.16. The molecule has 1 fully saturated rings. The summed E-state index contributed by atoms with van der Waals surface area (Å²) < 4.78 is 11.5. The van der Waals surface area contributed by atoms with Crippen molar-refractivity contribution in [3.63, 3.8) is 0 Å². The molecule has 1 atom stereocenters. The second-order valence-electron chi connectivity index (χ2n) is 5.78. The molecule has 1 aliphatic carbocycles. The van der Waals surface area contributed by atoms with E-state index >= 15 is 0 Å². The van der Waals surface area contributed by atoms with E-state index in [0.29, 0.717) is 21.8 Å². The maximum absolute atomic E-state index is 12.4. The van der Waals surface area contributed by atoms with Gasteiger partial charge in [-0.2, -0.15) is 0 Å². The molecule has 0 spiro atoms. The van der Waals surface area contributed by atoms with Crippen molar-refractivity contribution in [3.8, 4) is 0 Å². The zero-order chi connectivity index (χ0) is 17.1. The van der Waals surface area contributed by atoms with Gasteiger partial charge < -0.3 is 10.6 Å². The molecule has 0 bridgehead atoms. The third-order valence-corrected chi connectivity index (χ3v) is 4.68. The molecule has 1 saturated carbocycles. The van der Waals surface area contributed by atoms with E-state index in [4.69, 9.17) is 0 Å². The Balaban J connectivity index is 1.71. The maximum Gasteiger partial charge on any atom is 0.255 e. The van der Waals surface area contributed by atoms with Crippen LogP contribution in [0, 0.1) is 5.92 Å². The van der Waals surface area contributed by atoms with Crippen molar-refractivity contribution >= 4 is 34.0 Å². The van der Waals surface area contributed by atoms with Crippen LogP contribution in [-0.4, -0.2) is 22.3 Å². The summed E-state index contributed by atoms with van der Waals surface area (Å²) in [6.07, 6.45) is 3.45. The lowest BCUT2D eigenvalue weighted by molar-refractivity contribution is -0.117. The van der Waals surface area contributed by atoms with Crippen LogP contribution < -0.4 is 10.6 Å². The quantitative estimate of drug-likeness (QED) is 0.877. The summed E-state index contributed by atoms with van der Waals surface area (Å²) in [6, 6.07) is 13.8. The molecular formula is C18H18N2O3S. The van der Waals surface area contributed by atoms with Gasteiger partial charge in [0.15, 0.2) is 0 Å². The van der Waals surface area contributed by atoms with Gasteiger partial charge in [0.1, 0.15) is 0 Å². The number of rotatable bonds is 5. The molecule has 1 unspecified atom stereocenters. The molecule has 0 radical (unpaired) electrons. The highest BCUT2D eigenvalue weighted by atomic mass is 32.2. The standard InChI is InChI=1S/C18H18N2O3S/c1-24(23)16-7-3-6-15(11-16)20-18(22)13-4-2-5-14(10-13)19-17(21)12-8-9-12/h2-7,10-12H,8-9H2,1H3,(H,19,21)(H,20,22). The van der Waals surface area contributed by atoms with Gasteiger partial charge in [-0.3, -0.25) is 13.8 Å². The number of amides is 2. The lowest BCUT2D eigenvalue weighted by Crippen LogP contribution is -2.15. The average molecular weight is 342 g/mol. The fourth-order valence-corrected chi connectivity index (χ4v) is 2.85. The molecule has 1 aliphatic rings. The van der Waals surface area contributed by atoms with Gasteiger partial charge in [-0.15, -0.1) is 0 Å². The van der Waals surface area contributed by atoms with Gasteiger partial charge in [-0.25, -0.2) is 0 Å². The molecule has 24 heavy (non-hydrogen) atoms. The number of carbonyl (C=O) groups excluding carboxylic acids is 2. The summed E-state index contributed by atoms with van der Waals surface area (Å²) in [4.78, 5) is 24.8. The van der Waals surface area contributed by atoms with Crippen LogP contribution in [0.1, 0.15) is 23.2 Å². The van der Waals surface area contributed by atoms with Crippen LogP contribution in [0.25, 0.3) is 0 Å². The smallest absolute Gasteiger partial charge is 0.255 e. The molecule has 3 rings (SSSR count). The minimum atomic E-state index is -1.11. The van der Waals surface area contributed by atoms with Crippen molar-refractivity contribution in [2.24, 2.45) is 5.92 Å². The van der Waals surface area contributed by atoms with Gasteiger partial charge >= 0.3 is 0 Å². The van der Waals surface area contributed by atoms with Crippen molar-refractivity contribution in [1.82, 2.24) is 0 Å². The van der Waals surface area contributed by atoms with E-state index in [1.54, 1.807) is 54.8 Å². The first kappa shape index (κ1) is 16.4. The minimum absolute atomic E-state index is 0.00526. The van der Waals surface area contributed by atoms with Gasteiger partial charge in [-0.05, 0) is 49.2 Å². The number of anilines is 2. The maximum atomic E-state index is 12.4. The van der Waals surface area contributed by atoms with Crippen LogP contribution in [0.2, 0.25) is 0 Å². The molecule has 0 heterocycles.